The van der Waals surface area contributed by atoms with Gasteiger partial charge in [-0.2, -0.15) is 5.26 Å². The molecule has 4 heteroatoms. The van der Waals surface area contributed by atoms with E-state index in [4.69, 9.17) is 5.26 Å². The second-order valence-electron chi connectivity index (χ2n) is 2.65. The molecule has 0 radical (unpaired) electrons. The molecule has 0 spiro atoms. The first kappa shape index (κ1) is 7.62. The van der Waals surface area contributed by atoms with Crippen LogP contribution in [0, 0.1) is 17.1 Å². The zero-order valence-corrected chi connectivity index (χ0v) is 6.50. The van der Waals surface area contributed by atoms with Crippen molar-refractivity contribution in [2.24, 2.45) is 0 Å². The summed E-state index contributed by atoms with van der Waals surface area (Å²) in [6.07, 6.45) is 0. The molecule has 0 aliphatic carbocycles. The number of rotatable bonds is 0. The highest BCUT2D eigenvalue weighted by molar-refractivity contribution is 5.87. The number of aromatic hydroxyl groups is 1. The normalized spacial score (nSPS) is 10.2. The SMILES string of the molecule is N#Cc1cc2c(O)c(F)ccc2[nH]1. The highest BCUT2D eigenvalue weighted by atomic mass is 19.1. The fourth-order valence-electron chi connectivity index (χ4n) is 1.22. The van der Waals surface area contributed by atoms with Gasteiger partial charge in [0.2, 0.25) is 0 Å². The van der Waals surface area contributed by atoms with Gasteiger partial charge in [0.05, 0.1) is 5.52 Å². The molecule has 2 aromatic rings. The summed E-state index contributed by atoms with van der Waals surface area (Å²) in [6, 6.07) is 5.91. The number of nitriles is 1. The Balaban J connectivity index is 2.86. The number of nitrogens with one attached hydrogen (secondary N) is 1. The summed E-state index contributed by atoms with van der Waals surface area (Å²) in [4.78, 5) is 2.73. The molecule has 1 heterocycles. The van der Waals surface area contributed by atoms with Gasteiger partial charge >= 0.3 is 0 Å². The van der Waals surface area contributed by atoms with Gasteiger partial charge in [0, 0.05) is 5.39 Å². The molecule has 3 nitrogen and oxygen atoms in total. The van der Waals surface area contributed by atoms with E-state index in [1.165, 1.54) is 12.1 Å². The van der Waals surface area contributed by atoms with Crippen molar-refractivity contribution in [3.63, 3.8) is 0 Å². The number of phenolic OH excluding ortho intramolecular Hbond substituents is 1. The molecule has 0 bridgehead atoms. The quantitative estimate of drug-likeness (QED) is 0.643. The molecular weight excluding hydrogens is 171 g/mol. The molecule has 13 heavy (non-hydrogen) atoms. The fraction of sp³-hybridized carbons (Fsp3) is 0. The van der Waals surface area contributed by atoms with Crippen molar-refractivity contribution in [2.75, 3.05) is 0 Å². The van der Waals surface area contributed by atoms with E-state index >= 15 is 0 Å². The number of fused-ring (bicyclic) bond motifs is 1. The van der Waals surface area contributed by atoms with Gasteiger partial charge in [0.1, 0.15) is 11.8 Å². The molecule has 0 saturated heterocycles. The first-order valence-electron chi connectivity index (χ1n) is 3.62. The van der Waals surface area contributed by atoms with E-state index in [2.05, 4.69) is 4.98 Å². The number of hydrogen-bond donors (Lipinski definition) is 2. The smallest absolute Gasteiger partial charge is 0.165 e. The van der Waals surface area contributed by atoms with Crippen molar-refractivity contribution in [1.29, 1.82) is 5.26 Å². The van der Waals surface area contributed by atoms with Crippen LogP contribution in [-0.2, 0) is 0 Å². The highest BCUT2D eigenvalue weighted by Gasteiger charge is 2.08. The molecule has 0 unspecified atom stereocenters. The largest absolute Gasteiger partial charge is 0.504 e. The van der Waals surface area contributed by atoms with Crippen molar-refractivity contribution in [3.8, 4) is 11.8 Å². The van der Waals surface area contributed by atoms with Gasteiger partial charge in [-0.1, -0.05) is 0 Å². The molecule has 2 N–H and O–H groups in total. The zero-order valence-electron chi connectivity index (χ0n) is 6.50. The van der Waals surface area contributed by atoms with Gasteiger partial charge in [-0.3, -0.25) is 0 Å². The second kappa shape index (κ2) is 2.49. The van der Waals surface area contributed by atoms with Crippen LogP contribution in [0.1, 0.15) is 5.69 Å². The molecule has 1 aromatic heterocycles. The number of hydrogen-bond acceptors (Lipinski definition) is 2. The summed E-state index contributed by atoms with van der Waals surface area (Å²) in [5, 5.41) is 18.1. The lowest BCUT2D eigenvalue weighted by atomic mass is 10.2. The van der Waals surface area contributed by atoms with Gasteiger partial charge < -0.3 is 10.1 Å². The summed E-state index contributed by atoms with van der Waals surface area (Å²) in [7, 11) is 0. The minimum atomic E-state index is -0.684. The summed E-state index contributed by atoms with van der Waals surface area (Å²) in [6.45, 7) is 0. The summed E-state index contributed by atoms with van der Waals surface area (Å²) in [5.41, 5.74) is 0.853. The van der Waals surface area contributed by atoms with Gasteiger partial charge in [-0.05, 0) is 18.2 Å². The predicted molar refractivity (Wildman–Crippen MR) is 44.6 cm³/mol. The molecule has 0 aliphatic rings. The van der Waals surface area contributed by atoms with Gasteiger partial charge in [0.15, 0.2) is 11.6 Å². The summed E-state index contributed by atoms with van der Waals surface area (Å²) in [5.74, 6) is -1.11. The Labute approximate surface area is 73.0 Å². The maximum absolute atomic E-state index is 12.8. The van der Waals surface area contributed by atoms with Crippen molar-refractivity contribution in [2.45, 2.75) is 0 Å². The lowest BCUT2D eigenvalue weighted by molar-refractivity contribution is 0.439. The Morgan fingerprint density at radius 3 is 2.92 bits per heavy atom. The maximum Gasteiger partial charge on any atom is 0.165 e. The van der Waals surface area contributed by atoms with Crippen molar-refractivity contribution < 1.29 is 9.50 Å². The number of H-pyrrole nitrogens is 1. The third kappa shape index (κ3) is 1.02. The number of aromatic nitrogens is 1. The molecule has 64 valence electrons. The molecule has 0 aliphatic heterocycles. The van der Waals surface area contributed by atoms with Gasteiger partial charge in [0.25, 0.3) is 0 Å². The Morgan fingerprint density at radius 1 is 1.46 bits per heavy atom. The van der Waals surface area contributed by atoms with E-state index < -0.39 is 11.6 Å². The number of benzene rings is 1. The van der Waals surface area contributed by atoms with E-state index in [0.29, 0.717) is 16.6 Å². The van der Waals surface area contributed by atoms with Crippen LogP contribution in [0.2, 0.25) is 0 Å². The Bertz CT molecular complexity index is 510. The van der Waals surface area contributed by atoms with Crippen molar-refractivity contribution in [1.82, 2.24) is 4.98 Å². The summed E-state index contributed by atoms with van der Waals surface area (Å²) >= 11 is 0. The number of aromatic amines is 1. The monoisotopic (exact) mass is 176 g/mol. The maximum atomic E-state index is 12.8. The zero-order chi connectivity index (χ0) is 9.42. The average molecular weight is 176 g/mol. The Kier molecular flexibility index (Phi) is 1.46. The summed E-state index contributed by atoms with van der Waals surface area (Å²) < 4.78 is 12.8. The Morgan fingerprint density at radius 2 is 2.23 bits per heavy atom. The topological polar surface area (TPSA) is 59.8 Å². The fourth-order valence-corrected chi connectivity index (χ4v) is 1.22. The lowest BCUT2D eigenvalue weighted by Crippen LogP contribution is -1.75. The minimum Gasteiger partial charge on any atom is -0.504 e. The van der Waals surface area contributed by atoms with E-state index in [-0.39, 0.29) is 0 Å². The molecular formula is C9H5FN2O. The van der Waals surface area contributed by atoms with E-state index in [0.717, 1.165) is 6.07 Å². The number of nitrogens with zero attached hydrogens (tertiary/aromatic N) is 1. The molecule has 0 fully saturated rings. The highest BCUT2D eigenvalue weighted by Crippen LogP contribution is 2.27. The van der Waals surface area contributed by atoms with Crippen LogP contribution in [0.25, 0.3) is 10.9 Å². The third-order valence-corrected chi connectivity index (χ3v) is 1.85. The average Bonchev–Trinajstić information content (AvgIpc) is 2.55. The molecule has 1 aromatic carbocycles. The van der Waals surface area contributed by atoms with Crippen molar-refractivity contribution >= 4 is 10.9 Å². The first-order chi connectivity index (χ1) is 6.22. The molecule has 2 rings (SSSR count). The lowest BCUT2D eigenvalue weighted by Gasteiger charge is -1.94. The molecule has 0 atom stereocenters. The van der Waals surface area contributed by atoms with E-state index in [1.54, 1.807) is 0 Å². The van der Waals surface area contributed by atoms with Crippen LogP contribution in [-0.4, -0.2) is 10.1 Å². The number of phenols is 1. The van der Waals surface area contributed by atoms with E-state index in [9.17, 15) is 9.50 Å². The third-order valence-electron chi connectivity index (χ3n) is 1.85. The minimum absolute atomic E-state index is 0.302. The second-order valence-corrected chi connectivity index (χ2v) is 2.65. The van der Waals surface area contributed by atoms with Crippen LogP contribution < -0.4 is 0 Å². The van der Waals surface area contributed by atoms with E-state index in [1.807, 2.05) is 6.07 Å². The van der Waals surface area contributed by atoms with Crippen LogP contribution in [0.15, 0.2) is 18.2 Å². The van der Waals surface area contributed by atoms with Crippen LogP contribution in [0.4, 0.5) is 4.39 Å². The predicted octanol–water partition coefficient (Wildman–Crippen LogP) is 1.88. The van der Waals surface area contributed by atoms with Crippen LogP contribution >= 0.6 is 0 Å². The standard InChI is InChI=1S/C9H5FN2O/c10-7-1-2-8-6(9(7)13)3-5(4-11)12-8/h1-3,12-13H. The number of halogens is 1. The van der Waals surface area contributed by atoms with Gasteiger partial charge in [-0.15, -0.1) is 0 Å². The molecule has 0 saturated carbocycles. The van der Waals surface area contributed by atoms with Crippen molar-refractivity contribution in [3.05, 3.63) is 29.7 Å². The van der Waals surface area contributed by atoms with Crippen LogP contribution in [0.3, 0.4) is 0 Å². The Hall–Kier alpha value is -2.02. The van der Waals surface area contributed by atoms with Crippen LogP contribution in [0.5, 0.6) is 5.75 Å². The molecule has 0 amide bonds. The van der Waals surface area contributed by atoms with Gasteiger partial charge in [-0.25, -0.2) is 4.39 Å². The first-order valence-corrected chi connectivity index (χ1v) is 3.62.